The van der Waals surface area contributed by atoms with Crippen LogP contribution in [-0.2, 0) is 6.18 Å². The number of piperidine rings is 1. The molecular weight excluding hydrogens is 381 g/mol. The van der Waals surface area contributed by atoms with Gasteiger partial charge in [-0.2, -0.15) is 13.2 Å². The van der Waals surface area contributed by atoms with E-state index in [9.17, 15) is 18.3 Å². The van der Waals surface area contributed by atoms with Crippen molar-refractivity contribution >= 4 is 5.82 Å². The number of rotatable bonds is 2. The fourth-order valence-corrected chi connectivity index (χ4v) is 4.57. The summed E-state index contributed by atoms with van der Waals surface area (Å²) in [7, 11) is 2.12. The van der Waals surface area contributed by atoms with E-state index >= 15 is 0 Å². The molecule has 1 N–H and O–H groups in total. The van der Waals surface area contributed by atoms with Crippen LogP contribution in [0.2, 0.25) is 0 Å². The topological polar surface area (TPSA) is 52.5 Å². The van der Waals surface area contributed by atoms with E-state index < -0.39 is 17.5 Å². The zero-order chi connectivity index (χ0) is 20.9. The summed E-state index contributed by atoms with van der Waals surface area (Å²) in [5, 5.41) is 19.0. The van der Waals surface area contributed by atoms with Gasteiger partial charge in [0, 0.05) is 36.2 Å². The lowest BCUT2D eigenvalue weighted by molar-refractivity contribution is -0.137. The maximum absolute atomic E-state index is 13.0. The van der Waals surface area contributed by atoms with Crippen LogP contribution in [-0.4, -0.2) is 52.9 Å². The number of hydrogen-bond donors (Lipinski definition) is 1. The molecule has 0 amide bonds. The molecule has 8 heteroatoms. The smallest absolute Gasteiger partial charge is 0.416 e. The van der Waals surface area contributed by atoms with Crippen LogP contribution in [0.25, 0.3) is 11.3 Å². The highest BCUT2D eigenvalue weighted by molar-refractivity contribution is 5.73. The van der Waals surface area contributed by atoms with E-state index in [2.05, 4.69) is 34.0 Å². The average molecular weight is 406 g/mol. The molecule has 2 aromatic rings. The Kier molecular flexibility index (Phi) is 4.93. The Balaban J connectivity index is 1.70. The maximum atomic E-state index is 13.0. The van der Waals surface area contributed by atoms with Crippen LogP contribution in [0.4, 0.5) is 19.0 Å². The monoisotopic (exact) mass is 406 g/mol. The van der Waals surface area contributed by atoms with E-state index in [1.165, 1.54) is 0 Å². The van der Waals surface area contributed by atoms with Crippen molar-refractivity contribution < 1.29 is 18.3 Å². The number of aryl methyl sites for hydroxylation is 1. The molecule has 1 unspecified atom stereocenters. The van der Waals surface area contributed by atoms with Gasteiger partial charge in [0.05, 0.1) is 11.3 Å². The highest BCUT2D eigenvalue weighted by atomic mass is 19.4. The molecule has 5 nitrogen and oxygen atoms in total. The Morgan fingerprint density at radius 3 is 2.55 bits per heavy atom. The van der Waals surface area contributed by atoms with Gasteiger partial charge in [0.25, 0.3) is 0 Å². The van der Waals surface area contributed by atoms with Crippen molar-refractivity contribution in [2.24, 2.45) is 0 Å². The van der Waals surface area contributed by atoms with Crippen molar-refractivity contribution in [1.29, 1.82) is 0 Å². The highest BCUT2D eigenvalue weighted by Crippen LogP contribution is 2.42. The third-order valence-electron chi connectivity index (χ3n) is 6.01. The van der Waals surface area contributed by atoms with Crippen molar-refractivity contribution in [3.8, 4) is 17.0 Å². The molecule has 0 saturated carbocycles. The minimum absolute atomic E-state index is 0.239. The molecule has 0 radical (unpaired) electrons. The van der Waals surface area contributed by atoms with Crippen molar-refractivity contribution in [3.63, 3.8) is 0 Å². The summed E-state index contributed by atoms with van der Waals surface area (Å²) in [4.78, 5) is 4.63. The second-order valence-corrected chi connectivity index (χ2v) is 8.31. The number of alkyl halides is 3. The first-order valence-corrected chi connectivity index (χ1v) is 9.89. The molecule has 156 valence electrons. The van der Waals surface area contributed by atoms with Crippen LogP contribution >= 0.6 is 0 Å². The third-order valence-corrected chi connectivity index (χ3v) is 6.01. The lowest BCUT2D eigenvalue weighted by Crippen LogP contribution is -2.46. The molecule has 0 spiro atoms. The largest absolute Gasteiger partial charge is 0.507 e. The average Bonchev–Trinajstić information content (AvgIpc) is 2.97. The molecule has 1 aromatic heterocycles. The Morgan fingerprint density at radius 1 is 1.14 bits per heavy atom. The maximum Gasteiger partial charge on any atom is 0.416 e. The first-order chi connectivity index (χ1) is 13.6. The molecule has 2 aliphatic heterocycles. The number of benzene rings is 1. The van der Waals surface area contributed by atoms with Gasteiger partial charge in [-0.1, -0.05) is 6.92 Å². The minimum atomic E-state index is -4.51. The second kappa shape index (κ2) is 7.16. The quantitative estimate of drug-likeness (QED) is 0.810. The number of halogens is 3. The van der Waals surface area contributed by atoms with Crippen LogP contribution in [0.5, 0.6) is 5.75 Å². The molecule has 1 aromatic carbocycles. The van der Waals surface area contributed by atoms with Gasteiger partial charge in [-0.15, -0.1) is 10.2 Å². The summed E-state index contributed by atoms with van der Waals surface area (Å²) in [5.74, 6) is 0.664. The summed E-state index contributed by atoms with van der Waals surface area (Å²) in [6.45, 7) is 6.60. The number of fused-ring (bicyclic) bond motifs is 1. The van der Waals surface area contributed by atoms with E-state index in [1.54, 1.807) is 6.92 Å². The Bertz CT molecular complexity index is 908. The Labute approximate surface area is 168 Å². The number of phenols is 1. The summed E-state index contributed by atoms with van der Waals surface area (Å²) < 4.78 is 39.0. The zero-order valence-corrected chi connectivity index (χ0v) is 16.8. The summed E-state index contributed by atoms with van der Waals surface area (Å²) in [5.41, 5.74) is 1.19. The number of aromatic nitrogens is 2. The third kappa shape index (κ3) is 3.66. The van der Waals surface area contributed by atoms with Gasteiger partial charge in [-0.3, -0.25) is 0 Å². The first kappa shape index (κ1) is 19.9. The molecule has 0 aliphatic carbocycles. The molecule has 0 bridgehead atoms. The van der Waals surface area contributed by atoms with Gasteiger partial charge in [0.2, 0.25) is 0 Å². The van der Waals surface area contributed by atoms with Crippen LogP contribution in [0.3, 0.4) is 0 Å². The summed E-state index contributed by atoms with van der Waals surface area (Å²) in [6.07, 6.45) is -2.25. The van der Waals surface area contributed by atoms with Crippen molar-refractivity contribution in [2.45, 2.75) is 44.8 Å². The predicted molar refractivity (Wildman–Crippen MR) is 105 cm³/mol. The number of hydrogen-bond acceptors (Lipinski definition) is 5. The number of likely N-dealkylation sites (tertiary alicyclic amines) is 1. The molecule has 1 saturated heterocycles. The van der Waals surface area contributed by atoms with Gasteiger partial charge in [0.1, 0.15) is 5.75 Å². The van der Waals surface area contributed by atoms with E-state index in [-0.39, 0.29) is 5.92 Å². The minimum Gasteiger partial charge on any atom is -0.507 e. The van der Waals surface area contributed by atoms with Gasteiger partial charge in [-0.05, 0) is 57.1 Å². The Morgan fingerprint density at radius 2 is 1.90 bits per heavy atom. The van der Waals surface area contributed by atoms with Crippen molar-refractivity contribution in [1.82, 2.24) is 15.1 Å². The van der Waals surface area contributed by atoms with Crippen LogP contribution in [0.1, 0.15) is 42.4 Å². The number of likely N-dealkylation sites (N-methyl/N-ethyl adjacent to an activating group) is 1. The lowest BCUT2D eigenvalue weighted by atomic mass is 9.98. The fraction of sp³-hybridized carbons (Fsp3) is 0.524. The van der Waals surface area contributed by atoms with Crippen LogP contribution < -0.4 is 4.90 Å². The number of aromatic hydroxyl groups is 1. The van der Waals surface area contributed by atoms with E-state index in [4.69, 9.17) is 0 Å². The van der Waals surface area contributed by atoms with Gasteiger partial charge >= 0.3 is 6.18 Å². The predicted octanol–water partition coefficient (Wildman–Crippen LogP) is 4.19. The molecule has 2 atom stereocenters. The normalized spacial score (nSPS) is 22.8. The second-order valence-electron chi connectivity index (χ2n) is 8.31. The highest BCUT2D eigenvalue weighted by Gasteiger charge is 2.35. The molecular formula is C21H25F3N4O. The van der Waals surface area contributed by atoms with E-state index in [0.29, 0.717) is 22.9 Å². The lowest BCUT2D eigenvalue weighted by Gasteiger charge is -2.36. The van der Waals surface area contributed by atoms with Crippen molar-refractivity contribution in [3.05, 3.63) is 34.9 Å². The van der Waals surface area contributed by atoms with Gasteiger partial charge in [0.15, 0.2) is 5.82 Å². The van der Waals surface area contributed by atoms with Gasteiger partial charge < -0.3 is 14.9 Å². The first-order valence-electron chi connectivity index (χ1n) is 9.89. The standard InChI is InChI=1S/C21H25F3N4O/c1-12-7-14(21(22,23)24)8-18(29)19(12)17-9-16-13(2)10-28(20(16)26-25-17)15-5-4-6-27(3)11-15/h7-9,13,15,29H,4-6,10-11H2,1-3H3/t13?,15-/m1/s1. The van der Waals surface area contributed by atoms with E-state index in [0.717, 1.165) is 56.0 Å². The summed E-state index contributed by atoms with van der Waals surface area (Å²) >= 11 is 0. The number of nitrogens with zero attached hydrogens (tertiary/aromatic N) is 4. The number of anilines is 1. The van der Waals surface area contributed by atoms with Crippen LogP contribution in [0, 0.1) is 6.92 Å². The fourth-order valence-electron chi connectivity index (χ4n) is 4.57. The molecule has 2 aliphatic rings. The van der Waals surface area contributed by atoms with Crippen LogP contribution in [0.15, 0.2) is 18.2 Å². The molecule has 29 heavy (non-hydrogen) atoms. The molecule has 1 fully saturated rings. The van der Waals surface area contributed by atoms with E-state index in [1.807, 2.05) is 6.07 Å². The number of phenolic OH excluding ortho intramolecular Hbond substituents is 1. The SMILES string of the molecule is Cc1cc(C(F)(F)F)cc(O)c1-c1cc2c(nn1)N([C@@H]1CCCN(C)C1)CC2C. The van der Waals surface area contributed by atoms with Crippen molar-refractivity contribution in [2.75, 3.05) is 31.6 Å². The molecule has 4 rings (SSSR count). The van der Waals surface area contributed by atoms with Gasteiger partial charge in [-0.25, -0.2) is 0 Å². The molecule has 3 heterocycles. The Hall–Kier alpha value is -2.35. The zero-order valence-electron chi connectivity index (χ0n) is 16.8. The summed E-state index contributed by atoms with van der Waals surface area (Å²) in [6, 6.07) is 4.05.